The third kappa shape index (κ3) is 5.34. The van der Waals surface area contributed by atoms with Gasteiger partial charge in [-0.1, -0.05) is 37.3 Å². The van der Waals surface area contributed by atoms with E-state index in [-0.39, 0.29) is 6.42 Å². The van der Waals surface area contributed by atoms with E-state index in [1.807, 2.05) is 6.07 Å². The molecule has 0 saturated heterocycles. The molecule has 0 aliphatic rings. The average molecular weight is 337 g/mol. The van der Waals surface area contributed by atoms with Crippen LogP contribution in [0, 0.1) is 5.92 Å². The first-order valence-electron chi connectivity index (χ1n) is 7.47. The van der Waals surface area contributed by atoms with Crippen LogP contribution in [0.5, 0.6) is 0 Å². The molecule has 0 radical (unpaired) electrons. The van der Waals surface area contributed by atoms with E-state index in [1.165, 1.54) is 21.3 Å². The maximum absolute atomic E-state index is 12.5. The third-order valence-corrected chi connectivity index (χ3v) is 3.61. The van der Waals surface area contributed by atoms with Crippen LogP contribution in [0.4, 0.5) is 0 Å². The Morgan fingerprint density at radius 1 is 1.04 bits per heavy atom. The Kier molecular flexibility index (Phi) is 7.91. The summed E-state index contributed by atoms with van der Waals surface area (Å²) >= 11 is 0. The Bertz CT molecular complexity index is 559. The molecule has 1 rings (SSSR count). The Balaban J connectivity index is 2.90. The number of methoxy groups -OCH3 is 3. The number of carbonyl (C=O) groups is 3. The monoisotopic (exact) mass is 337 g/mol. The Hall–Kier alpha value is -2.41. The van der Waals surface area contributed by atoms with Crippen LogP contribution < -0.4 is 5.32 Å². The van der Waals surface area contributed by atoms with Gasteiger partial charge in [-0.05, 0) is 11.5 Å². The molecule has 1 aromatic rings. The van der Waals surface area contributed by atoms with Crippen molar-refractivity contribution in [1.82, 2.24) is 5.32 Å². The molecule has 7 nitrogen and oxygen atoms in total. The molecule has 1 N–H and O–H groups in total. The molecule has 24 heavy (non-hydrogen) atoms. The van der Waals surface area contributed by atoms with Crippen LogP contribution in [0.2, 0.25) is 0 Å². The summed E-state index contributed by atoms with van der Waals surface area (Å²) < 4.78 is 14.6. The number of amides is 1. The molecule has 3 atom stereocenters. The zero-order valence-electron chi connectivity index (χ0n) is 14.3. The van der Waals surface area contributed by atoms with Gasteiger partial charge in [0.1, 0.15) is 6.04 Å². The summed E-state index contributed by atoms with van der Waals surface area (Å²) in [6.45, 7) is 1.66. The number of carbonyl (C=O) groups excluding carboxylic acids is 3. The van der Waals surface area contributed by atoms with E-state index in [9.17, 15) is 14.4 Å². The van der Waals surface area contributed by atoms with Crippen molar-refractivity contribution < 1.29 is 28.6 Å². The third-order valence-electron chi connectivity index (χ3n) is 3.61. The van der Waals surface area contributed by atoms with Crippen LogP contribution in [-0.2, 0) is 28.6 Å². The van der Waals surface area contributed by atoms with E-state index in [0.29, 0.717) is 5.56 Å². The van der Waals surface area contributed by atoms with E-state index in [4.69, 9.17) is 9.47 Å². The lowest BCUT2D eigenvalue weighted by Gasteiger charge is -2.24. The highest BCUT2D eigenvalue weighted by Gasteiger charge is 2.32. The van der Waals surface area contributed by atoms with Crippen molar-refractivity contribution in [2.75, 3.05) is 21.3 Å². The summed E-state index contributed by atoms with van der Waals surface area (Å²) in [6, 6.07) is 7.91. The van der Waals surface area contributed by atoms with Crippen molar-refractivity contribution in [2.45, 2.75) is 25.5 Å². The predicted octanol–water partition coefficient (Wildman–Crippen LogP) is 1.23. The normalized spacial score (nSPS) is 14.2. The standard InChI is InChI=1S/C17H23NO6/c1-11(10-13(19)22-2)14(17(21)24-4)18-16(20)15(23-3)12-8-6-5-7-9-12/h5-9,11,14-15H,10H2,1-4H3,(H,18,20)/t11-,14-,15-/m0/s1. The Labute approximate surface area is 141 Å². The van der Waals surface area contributed by atoms with Crippen LogP contribution in [-0.4, -0.2) is 45.2 Å². The first kappa shape index (κ1) is 19.6. The summed E-state index contributed by atoms with van der Waals surface area (Å²) in [7, 11) is 3.89. The summed E-state index contributed by atoms with van der Waals surface area (Å²) in [5.74, 6) is -2.10. The fourth-order valence-corrected chi connectivity index (χ4v) is 2.28. The molecular weight excluding hydrogens is 314 g/mol. The average Bonchev–Trinajstić information content (AvgIpc) is 2.60. The second kappa shape index (κ2) is 9.67. The summed E-state index contributed by atoms with van der Waals surface area (Å²) in [5, 5.41) is 2.60. The van der Waals surface area contributed by atoms with E-state index in [2.05, 4.69) is 10.1 Å². The van der Waals surface area contributed by atoms with Crippen LogP contribution in [0.15, 0.2) is 30.3 Å². The van der Waals surface area contributed by atoms with Crippen molar-refractivity contribution in [3.05, 3.63) is 35.9 Å². The molecule has 1 amide bonds. The Morgan fingerprint density at radius 3 is 2.17 bits per heavy atom. The quantitative estimate of drug-likeness (QED) is 0.718. The maximum atomic E-state index is 12.5. The Morgan fingerprint density at radius 2 is 1.67 bits per heavy atom. The number of esters is 2. The molecular formula is C17H23NO6. The highest BCUT2D eigenvalue weighted by atomic mass is 16.5. The van der Waals surface area contributed by atoms with Crippen molar-refractivity contribution in [3.8, 4) is 0 Å². The molecule has 132 valence electrons. The van der Waals surface area contributed by atoms with Crippen LogP contribution >= 0.6 is 0 Å². The summed E-state index contributed by atoms with van der Waals surface area (Å²) in [5.41, 5.74) is 0.654. The number of benzene rings is 1. The SMILES string of the molecule is COC(=O)C[C@H](C)[C@H](NC(=O)[C@@H](OC)c1ccccc1)C(=O)OC. The van der Waals surface area contributed by atoms with Gasteiger partial charge in [0.15, 0.2) is 6.10 Å². The molecule has 0 bridgehead atoms. The van der Waals surface area contributed by atoms with Crippen molar-refractivity contribution in [1.29, 1.82) is 0 Å². The van der Waals surface area contributed by atoms with Gasteiger partial charge in [0.2, 0.25) is 0 Å². The fraction of sp³-hybridized carbons (Fsp3) is 0.471. The number of ether oxygens (including phenoxy) is 3. The number of rotatable bonds is 8. The molecule has 1 aromatic carbocycles. The smallest absolute Gasteiger partial charge is 0.328 e. The van der Waals surface area contributed by atoms with E-state index in [1.54, 1.807) is 31.2 Å². The van der Waals surface area contributed by atoms with Crippen LogP contribution in [0.25, 0.3) is 0 Å². The lowest BCUT2D eigenvalue weighted by molar-refractivity contribution is -0.150. The van der Waals surface area contributed by atoms with E-state index >= 15 is 0 Å². The maximum Gasteiger partial charge on any atom is 0.328 e. The second-order valence-corrected chi connectivity index (χ2v) is 5.29. The van der Waals surface area contributed by atoms with Gasteiger partial charge in [-0.3, -0.25) is 9.59 Å². The minimum atomic E-state index is -0.983. The van der Waals surface area contributed by atoms with Crippen molar-refractivity contribution in [3.63, 3.8) is 0 Å². The predicted molar refractivity (Wildman–Crippen MR) is 85.9 cm³/mol. The van der Waals surface area contributed by atoms with Gasteiger partial charge in [-0.2, -0.15) is 0 Å². The molecule has 0 fully saturated rings. The van der Waals surface area contributed by atoms with Gasteiger partial charge in [0, 0.05) is 7.11 Å². The fourth-order valence-electron chi connectivity index (χ4n) is 2.28. The number of nitrogens with one attached hydrogen (secondary N) is 1. The van der Waals surface area contributed by atoms with Crippen molar-refractivity contribution >= 4 is 17.8 Å². The van der Waals surface area contributed by atoms with E-state index in [0.717, 1.165) is 0 Å². The lowest BCUT2D eigenvalue weighted by Crippen LogP contribution is -2.48. The van der Waals surface area contributed by atoms with Gasteiger partial charge in [-0.15, -0.1) is 0 Å². The highest BCUT2D eigenvalue weighted by molar-refractivity contribution is 5.88. The van der Waals surface area contributed by atoms with Crippen LogP contribution in [0.1, 0.15) is 25.0 Å². The van der Waals surface area contributed by atoms with Gasteiger partial charge < -0.3 is 19.5 Å². The minimum absolute atomic E-state index is 0.0282. The van der Waals surface area contributed by atoms with Crippen LogP contribution in [0.3, 0.4) is 0 Å². The second-order valence-electron chi connectivity index (χ2n) is 5.29. The van der Waals surface area contributed by atoms with E-state index < -0.39 is 35.9 Å². The zero-order chi connectivity index (χ0) is 18.1. The van der Waals surface area contributed by atoms with Gasteiger partial charge in [0.05, 0.1) is 20.6 Å². The number of hydrogen-bond donors (Lipinski definition) is 1. The molecule has 0 aromatic heterocycles. The molecule has 7 heteroatoms. The molecule has 0 aliphatic carbocycles. The van der Waals surface area contributed by atoms with Gasteiger partial charge in [-0.25, -0.2) is 4.79 Å². The number of hydrogen-bond acceptors (Lipinski definition) is 6. The first-order valence-corrected chi connectivity index (χ1v) is 7.47. The minimum Gasteiger partial charge on any atom is -0.469 e. The molecule has 0 spiro atoms. The zero-order valence-corrected chi connectivity index (χ0v) is 14.3. The van der Waals surface area contributed by atoms with Gasteiger partial charge in [0.25, 0.3) is 5.91 Å². The summed E-state index contributed by atoms with van der Waals surface area (Å²) in [4.78, 5) is 35.9. The molecule has 0 aliphatic heterocycles. The van der Waals surface area contributed by atoms with Gasteiger partial charge >= 0.3 is 11.9 Å². The largest absolute Gasteiger partial charge is 0.469 e. The molecule has 0 heterocycles. The van der Waals surface area contributed by atoms with Crippen molar-refractivity contribution in [2.24, 2.45) is 5.92 Å². The topological polar surface area (TPSA) is 90.9 Å². The molecule has 0 saturated carbocycles. The highest BCUT2D eigenvalue weighted by Crippen LogP contribution is 2.18. The molecule has 0 unspecified atom stereocenters. The lowest BCUT2D eigenvalue weighted by atomic mass is 9.97. The summed E-state index contributed by atoms with van der Waals surface area (Å²) in [6.07, 6.45) is -0.900. The first-order chi connectivity index (χ1) is 11.4.